The minimum atomic E-state index is -0.819. The maximum absolute atomic E-state index is 12.7. The summed E-state index contributed by atoms with van der Waals surface area (Å²) >= 11 is 3.72. The van der Waals surface area contributed by atoms with E-state index < -0.39 is 17.9 Å². The Morgan fingerprint density at radius 3 is 2.85 bits per heavy atom. The number of benzene rings is 1. The molecule has 0 amide bonds. The van der Waals surface area contributed by atoms with Crippen LogP contribution in [0.5, 0.6) is 5.75 Å². The molecule has 9 heteroatoms. The van der Waals surface area contributed by atoms with Gasteiger partial charge in [0.1, 0.15) is 18.0 Å². The lowest BCUT2D eigenvalue weighted by Gasteiger charge is -2.61. The van der Waals surface area contributed by atoms with Crippen LogP contribution in [-0.2, 0) is 24.6 Å². The number of hydrogen-bond acceptors (Lipinski definition) is 8. The smallest absolute Gasteiger partial charge is 0.188 e. The standard InChI is InChI=1S/C25H33BrN2O6/c1-4-15-12-28-8-7-24-22-20(32-3)6-5-18(26)23(22)27-25(24,34-10-9-33-24)21(28)11-16(15)17(14-31-2)19(30)13-29/h5-6,14-16,21,27,29H,4,7-13H2,1-3H3/b17-14+/t15-,16+,21+,24+,25+/m1/s1. The zero-order valence-corrected chi connectivity index (χ0v) is 21.5. The Morgan fingerprint density at radius 2 is 2.15 bits per heavy atom. The first-order chi connectivity index (χ1) is 16.5. The number of halogens is 1. The van der Waals surface area contributed by atoms with Crippen LogP contribution in [0, 0.1) is 11.8 Å². The maximum atomic E-state index is 12.7. The van der Waals surface area contributed by atoms with Gasteiger partial charge in [0, 0.05) is 23.1 Å². The summed E-state index contributed by atoms with van der Waals surface area (Å²) in [5.41, 5.74) is 0.968. The van der Waals surface area contributed by atoms with Crippen molar-refractivity contribution < 1.29 is 28.8 Å². The number of anilines is 1. The third-order valence-corrected chi connectivity index (χ3v) is 8.88. The zero-order valence-electron chi connectivity index (χ0n) is 19.9. The third kappa shape index (κ3) is 3.27. The van der Waals surface area contributed by atoms with E-state index in [0.29, 0.717) is 25.2 Å². The van der Waals surface area contributed by atoms with Gasteiger partial charge in [0.2, 0.25) is 0 Å². The molecule has 0 aliphatic carbocycles. The highest BCUT2D eigenvalue weighted by Crippen LogP contribution is 2.62. The van der Waals surface area contributed by atoms with Gasteiger partial charge in [-0.3, -0.25) is 9.69 Å². The lowest BCUT2D eigenvalue weighted by molar-refractivity contribution is -0.297. The van der Waals surface area contributed by atoms with E-state index in [1.807, 2.05) is 12.1 Å². The Morgan fingerprint density at radius 1 is 1.35 bits per heavy atom. The number of carbonyl (C=O) groups excluding carboxylic acids is 1. The zero-order chi connectivity index (χ0) is 24.1. The molecule has 8 nitrogen and oxygen atoms in total. The van der Waals surface area contributed by atoms with Gasteiger partial charge in [-0.25, -0.2) is 0 Å². The number of piperidine rings is 2. The van der Waals surface area contributed by atoms with Crippen LogP contribution in [-0.4, -0.2) is 74.7 Å². The molecule has 3 saturated heterocycles. The van der Waals surface area contributed by atoms with Crippen molar-refractivity contribution in [3.63, 3.8) is 0 Å². The molecule has 5 rings (SSSR count). The number of aliphatic hydroxyl groups is 1. The number of hydrogen-bond donors (Lipinski definition) is 2. The van der Waals surface area contributed by atoms with Gasteiger partial charge in [-0.05, 0) is 52.7 Å². The van der Waals surface area contributed by atoms with Crippen molar-refractivity contribution >= 4 is 27.4 Å². The normalized spacial score (nSPS) is 34.9. The topological polar surface area (TPSA) is 89.5 Å². The summed E-state index contributed by atoms with van der Waals surface area (Å²) in [4.78, 5) is 15.2. The number of rotatable bonds is 6. The average Bonchev–Trinajstić information content (AvgIpc) is 3.20. The molecule has 2 N–H and O–H groups in total. The van der Waals surface area contributed by atoms with Crippen LogP contribution in [0.4, 0.5) is 5.69 Å². The molecule has 5 atom stereocenters. The van der Waals surface area contributed by atoms with Gasteiger partial charge >= 0.3 is 0 Å². The van der Waals surface area contributed by atoms with E-state index in [0.717, 1.165) is 47.4 Å². The summed E-state index contributed by atoms with van der Waals surface area (Å²) in [7, 11) is 3.23. The van der Waals surface area contributed by atoms with Crippen molar-refractivity contribution in [1.29, 1.82) is 0 Å². The van der Waals surface area contributed by atoms with Crippen molar-refractivity contribution in [2.45, 2.75) is 43.6 Å². The Bertz CT molecular complexity index is 1000. The van der Waals surface area contributed by atoms with Crippen molar-refractivity contribution in [1.82, 2.24) is 4.90 Å². The molecule has 1 aromatic rings. The molecule has 0 saturated carbocycles. The van der Waals surface area contributed by atoms with E-state index in [1.54, 1.807) is 14.2 Å². The number of fused-ring (bicyclic) bond motifs is 2. The lowest BCUT2D eigenvalue weighted by atomic mass is 9.66. The number of Topliss-reactive ketones (excluding diaryl/α,β-unsaturated/α-hetero) is 1. The Kier molecular flexibility index (Phi) is 6.44. The summed E-state index contributed by atoms with van der Waals surface area (Å²) < 4.78 is 25.4. The van der Waals surface area contributed by atoms with E-state index in [9.17, 15) is 9.90 Å². The van der Waals surface area contributed by atoms with Gasteiger partial charge in [-0.2, -0.15) is 0 Å². The number of nitrogens with zero attached hydrogens (tertiary/aromatic N) is 1. The minimum Gasteiger partial charge on any atom is -0.504 e. The van der Waals surface area contributed by atoms with Gasteiger partial charge in [0.25, 0.3) is 0 Å². The highest BCUT2D eigenvalue weighted by Gasteiger charge is 2.70. The molecular weight excluding hydrogens is 504 g/mol. The van der Waals surface area contributed by atoms with Crippen LogP contribution in [0.3, 0.4) is 0 Å². The van der Waals surface area contributed by atoms with Crippen molar-refractivity contribution in [3.8, 4) is 5.75 Å². The number of methoxy groups -OCH3 is 2. The molecule has 0 spiro atoms. The maximum Gasteiger partial charge on any atom is 0.188 e. The van der Waals surface area contributed by atoms with E-state index in [4.69, 9.17) is 18.9 Å². The molecule has 0 radical (unpaired) electrons. The van der Waals surface area contributed by atoms with E-state index in [-0.39, 0.29) is 23.7 Å². The highest BCUT2D eigenvalue weighted by atomic mass is 79.9. The lowest BCUT2D eigenvalue weighted by Crippen LogP contribution is -2.75. The number of ether oxygens (including phenoxy) is 4. The van der Waals surface area contributed by atoms with Crippen LogP contribution in [0.2, 0.25) is 0 Å². The molecule has 3 fully saturated rings. The van der Waals surface area contributed by atoms with Gasteiger partial charge in [-0.15, -0.1) is 0 Å². The third-order valence-electron chi connectivity index (χ3n) is 8.22. The minimum absolute atomic E-state index is 0.0508. The van der Waals surface area contributed by atoms with Gasteiger partial charge in [0.05, 0.1) is 51.0 Å². The van der Waals surface area contributed by atoms with Crippen LogP contribution in [0.25, 0.3) is 0 Å². The molecule has 186 valence electrons. The SMILES string of the molecule is CC[C@@H]1CN2CC[C@@]34OCCO[C@@]3(Nc3c(Br)ccc(OC)c34)[C@@H]2C[C@@H]1/C(=C\OC)C(=O)CO. The molecule has 4 aliphatic heterocycles. The molecule has 4 heterocycles. The Balaban J connectivity index is 1.62. The fourth-order valence-corrected chi connectivity index (χ4v) is 7.22. The predicted octanol–water partition coefficient (Wildman–Crippen LogP) is 3.03. The summed E-state index contributed by atoms with van der Waals surface area (Å²) in [6.45, 7) is 4.30. The van der Waals surface area contributed by atoms with Crippen LogP contribution >= 0.6 is 15.9 Å². The number of carbonyl (C=O) groups is 1. The monoisotopic (exact) mass is 536 g/mol. The predicted molar refractivity (Wildman–Crippen MR) is 130 cm³/mol. The molecule has 1 aromatic carbocycles. The highest BCUT2D eigenvalue weighted by molar-refractivity contribution is 9.10. The van der Waals surface area contributed by atoms with Gasteiger partial charge < -0.3 is 29.4 Å². The second-order valence-corrected chi connectivity index (χ2v) is 10.4. The Labute approximate surface area is 208 Å². The quantitative estimate of drug-likeness (QED) is 0.423. The summed E-state index contributed by atoms with van der Waals surface area (Å²) in [5, 5.41) is 13.4. The first-order valence-electron chi connectivity index (χ1n) is 12.0. The number of ketones is 1. The molecule has 0 aromatic heterocycles. The molecule has 4 aliphatic rings. The second-order valence-electron chi connectivity index (χ2n) is 9.55. The summed E-state index contributed by atoms with van der Waals surface area (Å²) in [6, 6.07) is 3.90. The van der Waals surface area contributed by atoms with Crippen LogP contribution in [0.15, 0.2) is 28.4 Å². The molecule has 0 unspecified atom stereocenters. The van der Waals surface area contributed by atoms with Crippen LogP contribution in [0.1, 0.15) is 31.7 Å². The first kappa shape index (κ1) is 24.1. The van der Waals surface area contributed by atoms with Crippen molar-refractivity contribution in [3.05, 3.63) is 34.0 Å². The van der Waals surface area contributed by atoms with Crippen molar-refractivity contribution in [2.75, 3.05) is 52.4 Å². The van der Waals surface area contributed by atoms with E-state index in [2.05, 4.69) is 33.1 Å². The fraction of sp³-hybridized carbons (Fsp3) is 0.640. The molecular formula is C25H33BrN2O6. The molecule has 34 heavy (non-hydrogen) atoms. The first-order valence-corrected chi connectivity index (χ1v) is 12.8. The molecule has 0 bridgehead atoms. The van der Waals surface area contributed by atoms with Crippen LogP contribution < -0.4 is 10.1 Å². The largest absolute Gasteiger partial charge is 0.504 e. The fourth-order valence-electron chi connectivity index (χ4n) is 6.79. The van der Waals surface area contributed by atoms with Gasteiger partial charge in [0.15, 0.2) is 11.5 Å². The van der Waals surface area contributed by atoms with Gasteiger partial charge in [-0.1, -0.05) is 13.3 Å². The van der Waals surface area contributed by atoms with E-state index >= 15 is 0 Å². The number of aliphatic hydroxyl groups excluding tert-OH is 1. The second kappa shape index (κ2) is 9.09. The number of nitrogens with one attached hydrogen (secondary N) is 1. The van der Waals surface area contributed by atoms with Crippen molar-refractivity contribution in [2.24, 2.45) is 11.8 Å². The summed E-state index contributed by atoms with van der Waals surface area (Å²) in [5.74, 6) is 0.705. The summed E-state index contributed by atoms with van der Waals surface area (Å²) in [6.07, 6.45) is 3.90. The van der Waals surface area contributed by atoms with E-state index in [1.165, 1.54) is 6.26 Å². The average molecular weight is 537 g/mol. The Hall–Kier alpha value is -1.65.